The zero-order valence-electron chi connectivity index (χ0n) is 9.19. The lowest BCUT2D eigenvalue weighted by atomic mass is 10.3. The molecule has 2 aromatic rings. The van der Waals surface area contributed by atoms with Crippen LogP contribution in [0.15, 0.2) is 30.5 Å². The highest BCUT2D eigenvalue weighted by molar-refractivity contribution is 6.37. The molecule has 0 spiro atoms. The van der Waals surface area contributed by atoms with E-state index in [1.807, 2.05) is 0 Å². The van der Waals surface area contributed by atoms with Crippen molar-refractivity contribution in [3.8, 4) is 11.5 Å². The van der Waals surface area contributed by atoms with Crippen molar-refractivity contribution in [3.63, 3.8) is 0 Å². The summed E-state index contributed by atoms with van der Waals surface area (Å²) < 4.78 is 0. The van der Waals surface area contributed by atoms with Gasteiger partial charge in [-0.15, -0.1) is 0 Å². The molecular formula is C12H10Cl2N2O2. The van der Waals surface area contributed by atoms with Crippen LogP contribution in [0.1, 0.15) is 5.69 Å². The minimum atomic E-state index is -0.133. The molecule has 4 nitrogen and oxygen atoms in total. The van der Waals surface area contributed by atoms with Crippen LogP contribution in [0.4, 0.5) is 5.69 Å². The molecule has 0 aliphatic carbocycles. The maximum atomic E-state index is 9.41. The van der Waals surface area contributed by atoms with E-state index < -0.39 is 0 Å². The summed E-state index contributed by atoms with van der Waals surface area (Å²) >= 11 is 11.6. The Balaban J connectivity index is 2.08. The molecule has 0 fully saturated rings. The Kier molecular flexibility index (Phi) is 3.79. The van der Waals surface area contributed by atoms with Gasteiger partial charge < -0.3 is 15.5 Å². The van der Waals surface area contributed by atoms with Crippen LogP contribution in [-0.4, -0.2) is 15.2 Å². The normalized spacial score (nSPS) is 10.3. The summed E-state index contributed by atoms with van der Waals surface area (Å²) in [6.45, 7) is 0.456. The standard InChI is InChI=1S/C12H10Cl2N2O2/c13-10-3-8(4-11(14)12(10)18)15-5-7-1-2-9(17)6-16-7/h1-4,6,15,17-18H,5H2. The maximum Gasteiger partial charge on any atom is 0.152 e. The van der Waals surface area contributed by atoms with E-state index in [-0.39, 0.29) is 21.5 Å². The number of halogens is 2. The molecule has 0 aliphatic heterocycles. The number of rotatable bonds is 3. The molecule has 1 aromatic heterocycles. The number of nitrogens with one attached hydrogen (secondary N) is 1. The predicted octanol–water partition coefficient (Wildman–Crippen LogP) is 3.41. The van der Waals surface area contributed by atoms with E-state index in [0.29, 0.717) is 12.2 Å². The van der Waals surface area contributed by atoms with Crippen LogP contribution < -0.4 is 5.32 Å². The Bertz CT molecular complexity index is 535. The Hall–Kier alpha value is -1.65. The van der Waals surface area contributed by atoms with Crippen LogP contribution in [0.3, 0.4) is 0 Å². The van der Waals surface area contributed by atoms with Gasteiger partial charge in [-0.2, -0.15) is 0 Å². The van der Waals surface area contributed by atoms with Crippen LogP contribution in [0, 0.1) is 0 Å². The summed E-state index contributed by atoms with van der Waals surface area (Å²) in [5.41, 5.74) is 1.44. The van der Waals surface area contributed by atoms with Gasteiger partial charge in [0.2, 0.25) is 0 Å². The van der Waals surface area contributed by atoms with E-state index in [1.165, 1.54) is 6.20 Å². The van der Waals surface area contributed by atoms with Gasteiger partial charge in [0.05, 0.1) is 28.5 Å². The number of phenols is 1. The quantitative estimate of drug-likeness (QED) is 0.756. The van der Waals surface area contributed by atoms with E-state index in [4.69, 9.17) is 28.3 Å². The first-order valence-electron chi connectivity index (χ1n) is 5.12. The minimum Gasteiger partial charge on any atom is -0.506 e. The zero-order valence-corrected chi connectivity index (χ0v) is 10.7. The molecule has 0 radical (unpaired) electrons. The second-order valence-corrected chi connectivity index (χ2v) is 4.46. The van der Waals surface area contributed by atoms with Crippen LogP contribution in [0.2, 0.25) is 10.0 Å². The van der Waals surface area contributed by atoms with Crippen LogP contribution >= 0.6 is 23.2 Å². The van der Waals surface area contributed by atoms with E-state index in [2.05, 4.69) is 10.3 Å². The Morgan fingerprint density at radius 3 is 2.33 bits per heavy atom. The first-order chi connectivity index (χ1) is 8.56. The zero-order chi connectivity index (χ0) is 13.1. The SMILES string of the molecule is Oc1ccc(CNc2cc(Cl)c(O)c(Cl)c2)nc1. The average molecular weight is 285 g/mol. The van der Waals surface area contributed by atoms with Crippen molar-refractivity contribution >= 4 is 28.9 Å². The highest BCUT2D eigenvalue weighted by atomic mass is 35.5. The number of benzene rings is 1. The van der Waals surface area contributed by atoms with Crippen molar-refractivity contribution in [3.05, 3.63) is 46.2 Å². The lowest BCUT2D eigenvalue weighted by Gasteiger charge is -2.08. The van der Waals surface area contributed by atoms with Crippen molar-refractivity contribution in [2.45, 2.75) is 6.54 Å². The van der Waals surface area contributed by atoms with Crippen molar-refractivity contribution in [1.82, 2.24) is 4.98 Å². The van der Waals surface area contributed by atoms with E-state index in [9.17, 15) is 5.11 Å². The molecule has 94 valence electrons. The van der Waals surface area contributed by atoms with Crippen molar-refractivity contribution in [2.75, 3.05) is 5.32 Å². The highest BCUT2D eigenvalue weighted by Crippen LogP contribution is 2.34. The van der Waals surface area contributed by atoms with Gasteiger partial charge >= 0.3 is 0 Å². The molecule has 0 saturated heterocycles. The highest BCUT2D eigenvalue weighted by Gasteiger charge is 2.06. The largest absolute Gasteiger partial charge is 0.506 e. The smallest absolute Gasteiger partial charge is 0.152 e. The third kappa shape index (κ3) is 2.97. The van der Waals surface area contributed by atoms with Gasteiger partial charge in [0.1, 0.15) is 5.75 Å². The molecule has 1 heterocycles. The molecule has 0 saturated carbocycles. The molecule has 0 unspecified atom stereocenters. The second-order valence-electron chi connectivity index (χ2n) is 3.65. The third-order valence-electron chi connectivity index (χ3n) is 2.30. The molecule has 2 rings (SSSR count). The van der Waals surface area contributed by atoms with Gasteiger partial charge in [-0.25, -0.2) is 0 Å². The summed E-state index contributed by atoms with van der Waals surface area (Å²) in [5, 5.41) is 21.9. The fraction of sp³-hybridized carbons (Fsp3) is 0.0833. The summed E-state index contributed by atoms with van der Waals surface area (Å²) in [5.74, 6) is -0.0129. The van der Waals surface area contributed by atoms with Crippen LogP contribution in [0.5, 0.6) is 11.5 Å². The number of hydrogen-bond donors (Lipinski definition) is 3. The lowest BCUT2D eigenvalue weighted by Crippen LogP contribution is -2.01. The van der Waals surface area contributed by atoms with Gasteiger partial charge in [-0.1, -0.05) is 23.2 Å². The molecule has 3 N–H and O–H groups in total. The average Bonchev–Trinajstić information content (AvgIpc) is 2.35. The van der Waals surface area contributed by atoms with E-state index in [1.54, 1.807) is 24.3 Å². The fourth-order valence-electron chi connectivity index (χ4n) is 1.38. The summed E-state index contributed by atoms with van der Waals surface area (Å²) in [7, 11) is 0. The first kappa shape index (κ1) is 12.8. The number of nitrogens with zero attached hydrogens (tertiary/aromatic N) is 1. The molecule has 0 bridgehead atoms. The molecule has 0 amide bonds. The van der Waals surface area contributed by atoms with Crippen LogP contribution in [-0.2, 0) is 6.54 Å². The minimum absolute atomic E-state index is 0.120. The van der Waals surface area contributed by atoms with Crippen molar-refractivity contribution in [1.29, 1.82) is 0 Å². The fourth-order valence-corrected chi connectivity index (χ4v) is 1.87. The monoisotopic (exact) mass is 284 g/mol. The number of aromatic hydroxyl groups is 2. The molecule has 6 heteroatoms. The van der Waals surface area contributed by atoms with E-state index in [0.717, 1.165) is 5.69 Å². The van der Waals surface area contributed by atoms with Gasteiger partial charge in [-0.05, 0) is 24.3 Å². The number of anilines is 1. The van der Waals surface area contributed by atoms with Gasteiger partial charge in [0, 0.05) is 5.69 Å². The van der Waals surface area contributed by atoms with Gasteiger partial charge in [-0.3, -0.25) is 4.98 Å². The van der Waals surface area contributed by atoms with Crippen molar-refractivity contribution in [2.24, 2.45) is 0 Å². The summed E-state index contributed by atoms with van der Waals surface area (Å²) in [4.78, 5) is 4.03. The van der Waals surface area contributed by atoms with Crippen molar-refractivity contribution < 1.29 is 10.2 Å². The predicted molar refractivity (Wildman–Crippen MR) is 71.4 cm³/mol. The number of aromatic nitrogens is 1. The molecule has 0 atom stereocenters. The lowest BCUT2D eigenvalue weighted by molar-refractivity contribution is 0.472. The summed E-state index contributed by atoms with van der Waals surface area (Å²) in [6.07, 6.45) is 1.37. The molecule has 1 aromatic carbocycles. The Morgan fingerprint density at radius 2 is 1.78 bits per heavy atom. The second kappa shape index (κ2) is 5.33. The van der Waals surface area contributed by atoms with E-state index >= 15 is 0 Å². The molecule has 18 heavy (non-hydrogen) atoms. The third-order valence-corrected chi connectivity index (χ3v) is 2.88. The van der Waals surface area contributed by atoms with Gasteiger partial charge in [0.25, 0.3) is 0 Å². The number of phenolic OH excluding ortho intramolecular Hbond substituents is 1. The van der Waals surface area contributed by atoms with Crippen LogP contribution in [0.25, 0.3) is 0 Å². The molecule has 0 aliphatic rings. The number of hydrogen-bond acceptors (Lipinski definition) is 4. The summed E-state index contributed by atoms with van der Waals surface area (Å²) in [6, 6.07) is 6.40. The number of pyridine rings is 1. The maximum absolute atomic E-state index is 9.41. The Morgan fingerprint density at radius 1 is 1.11 bits per heavy atom. The Labute approximate surface area is 114 Å². The topological polar surface area (TPSA) is 65.4 Å². The van der Waals surface area contributed by atoms with Gasteiger partial charge in [0.15, 0.2) is 5.75 Å². The first-order valence-corrected chi connectivity index (χ1v) is 5.87. The molecular weight excluding hydrogens is 275 g/mol.